The molecule has 0 heterocycles. The van der Waals surface area contributed by atoms with E-state index in [-0.39, 0.29) is 17.1 Å². The smallest absolute Gasteiger partial charge is 0.374 e. The van der Waals surface area contributed by atoms with Gasteiger partial charge < -0.3 is 9.47 Å². The van der Waals surface area contributed by atoms with Gasteiger partial charge in [-0.1, -0.05) is 0 Å². The zero-order chi connectivity index (χ0) is 14.2. The van der Waals surface area contributed by atoms with Gasteiger partial charge in [0.1, 0.15) is 0 Å². The largest absolute Gasteiger partial charge is 0.463 e. The van der Waals surface area contributed by atoms with Crippen molar-refractivity contribution in [1.29, 1.82) is 0 Å². The van der Waals surface area contributed by atoms with Crippen molar-refractivity contribution in [2.75, 3.05) is 7.11 Å². The number of ketones is 2. The van der Waals surface area contributed by atoms with Crippen LogP contribution in [0.25, 0.3) is 0 Å². The van der Waals surface area contributed by atoms with Crippen LogP contribution in [0.1, 0.15) is 13.3 Å². The molecular weight excluding hydrogens is 252 g/mol. The molecule has 0 radical (unpaired) electrons. The van der Waals surface area contributed by atoms with Gasteiger partial charge in [0.15, 0.2) is 11.6 Å². The summed E-state index contributed by atoms with van der Waals surface area (Å²) in [5, 5.41) is 0. The third-order valence-electron chi connectivity index (χ3n) is 2.64. The number of carbonyl (C=O) groups is 4. The average Bonchev–Trinajstić information content (AvgIpc) is 3.14. The summed E-state index contributed by atoms with van der Waals surface area (Å²) in [4.78, 5) is 45.6. The van der Waals surface area contributed by atoms with Crippen LogP contribution in [-0.2, 0) is 28.7 Å². The highest BCUT2D eigenvalue weighted by atomic mass is 16.6. The van der Waals surface area contributed by atoms with E-state index in [9.17, 15) is 19.2 Å². The van der Waals surface area contributed by atoms with Gasteiger partial charge in [-0.2, -0.15) is 0 Å². The van der Waals surface area contributed by atoms with Gasteiger partial charge in [-0.05, 0) is 12.2 Å². The number of ether oxygens (including phenoxy) is 2. The number of allylic oxidation sites excluding steroid dienone is 5. The Bertz CT molecular complexity index is 603. The molecule has 6 nitrogen and oxygen atoms in total. The van der Waals surface area contributed by atoms with Gasteiger partial charge in [0.05, 0.1) is 7.11 Å². The normalized spacial score (nSPS) is 17.8. The summed E-state index contributed by atoms with van der Waals surface area (Å²) < 4.78 is 9.10. The monoisotopic (exact) mass is 262 g/mol. The highest BCUT2D eigenvalue weighted by Crippen LogP contribution is 2.38. The Morgan fingerprint density at radius 3 is 2.53 bits per heavy atom. The van der Waals surface area contributed by atoms with Gasteiger partial charge in [0.2, 0.25) is 5.76 Å². The third-order valence-corrected chi connectivity index (χ3v) is 2.64. The first kappa shape index (κ1) is 12.9. The summed E-state index contributed by atoms with van der Waals surface area (Å²) in [6.45, 7) is 1.11. The molecule has 2 aliphatic carbocycles. The van der Waals surface area contributed by atoms with Crippen molar-refractivity contribution in [3.05, 3.63) is 34.6 Å². The van der Waals surface area contributed by atoms with Crippen molar-refractivity contribution in [1.82, 2.24) is 0 Å². The maximum Gasteiger partial charge on any atom is 0.374 e. The van der Waals surface area contributed by atoms with Crippen molar-refractivity contribution < 1.29 is 28.7 Å². The van der Waals surface area contributed by atoms with Crippen LogP contribution < -0.4 is 0 Å². The van der Waals surface area contributed by atoms with Crippen LogP contribution in [0.4, 0.5) is 0 Å². The standard InChI is InChI=1S/C13H10O6/c1-6(14)19-11(13(17)18-2)4-7-3-10(15)8-5-9(8)12(7)16/h3-4H,5H2,1-2H3. The third kappa shape index (κ3) is 2.52. The van der Waals surface area contributed by atoms with Crippen LogP contribution in [0, 0.1) is 0 Å². The molecule has 0 saturated carbocycles. The van der Waals surface area contributed by atoms with Gasteiger partial charge in [0.25, 0.3) is 0 Å². The van der Waals surface area contributed by atoms with E-state index in [1.165, 1.54) is 0 Å². The molecule has 2 rings (SSSR count). The summed E-state index contributed by atoms with van der Waals surface area (Å²) in [6, 6.07) is 0. The minimum atomic E-state index is -0.896. The number of Topliss-reactive ketones (excluding diaryl/α,β-unsaturated/α-hetero) is 1. The Hall–Kier alpha value is -2.50. The topological polar surface area (TPSA) is 86.7 Å². The fraction of sp³-hybridized carbons (Fsp3) is 0.231. The van der Waals surface area contributed by atoms with Crippen LogP contribution >= 0.6 is 0 Å². The first-order chi connectivity index (χ1) is 8.93. The van der Waals surface area contributed by atoms with Crippen LogP contribution in [0.5, 0.6) is 0 Å². The molecule has 0 atom stereocenters. The lowest BCUT2D eigenvalue weighted by Gasteiger charge is -2.06. The van der Waals surface area contributed by atoms with E-state index in [0.717, 1.165) is 26.2 Å². The Morgan fingerprint density at radius 2 is 1.95 bits per heavy atom. The zero-order valence-corrected chi connectivity index (χ0v) is 10.3. The van der Waals surface area contributed by atoms with Crippen LogP contribution in [-0.4, -0.2) is 30.6 Å². The molecule has 6 heteroatoms. The fourth-order valence-electron chi connectivity index (χ4n) is 1.69. The fourth-order valence-corrected chi connectivity index (χ4v) is 1.69. The second-order valence-electron chi connectivity index (χ2n) is 4.02. The van der Waals surface area contributed by atoms with Crippen molar-refractivity contribution in [3.8, 4) is 0 Å². The first-order valence-electron chi connectivity index (χ1n) is 5.45. The summed E-state index contributed by atoms with van der Waals surface area (Å²) in [6.07, 6.45) is 2.56. The van der Waals surface area contributed by atoms with E-state index < -0.39 is 17.7 Å². The molecule has 0 unspecified atom stereocenters. The SMILES string of the molecule is COC(=O)C(=CC1=CC(=O)C2=C(C2)C1=O)OC(C)=O. The van der Waals surface area contributed by atoms with Crippen molar-refractivity contribution in [3.63, 3.8) is 0 Å². The lowest BCUT2D eigenvalue weighted by atomic mass is 10.0. The predicted octanol–water partition coefficient (Wildman–Crippen LogP) is 0.385. The van der Waals surface area contributed by atoms with Crippen LogP contribution in [0.2, 0.25) is 0 Å². The number of carbonyl (C=O) groups excluding carboxylic acids is 4. The second-order valence-corrected chi connectivity index (χ2v) is 4.02. The van der Waals surface area contributed by atoms with Crippen LogP contribution in [0.15, 0.2) is 34.6 Å². The molecule has 98 valence electrons. The summed E-state index contributed by atoms with van der Waals surface area (Å²) in [5.74, 6) is -2.63. The van der Waals surface area contributed by atoms with Crippen molar-refractivity contribution in [2.24, 2.45) is 0 Å². The average molecular weight is 262 g/mol. The molecule has 0 amide bonds. The molecule has 0 aromatic carbocycles. The highest BCUT2D eigenvalue weighted by molar-refractivity contribution is 6.29. The molecule has 0 N–H and O–H groups in total. The number of hydrogen-bond acceptors (Lipinski definition) is 6. The maximum atomic E-state index is 11.8. The number of hydrogen-bond donors (Lipinski definition) is 0. The zero-order valence-electron chi connectivity index (χ0n) is 10.3. The summed E-state index contributed by atoms with van der Waals surface area (Å²) in [5.41, 5.74) is 0.975. The van der Waals surface area contributed by atoms with E-state index >= 15 is 0 Å². The van der Waals surface area contributed by atoms with Crippen molar-refractivity contribution in [2.45, 2.75) is 13.3 Å². The predicted molar refractivity (Wildman–Crippen MR) is 61.6 cm³/mol. The van der Waals surface area contributed by atoms with E-state index in [1.807, 2.05) is 0 Å². The quantitative estimate of drug-likeness (QED) is 0.316. The molecular formula is C13H10O6. The van der Waals surface area contributed by atoms with Gasteiger partial charge >= 0.3 is 11.9 Å². The van der Waals surface area contributed by atoms with E-state index in [0.29, 0.717) is 17.6 Å². The molecule has 0 fully saturated rings. The number of rotatable bonds is 3. The van der Waals surface area contributed by atoms with Gasteiger partial charge in [-0.25, -0.2) is 4.79 Å². The summed E-state index contributed by atoms with van der Waals surface area (Å²) >= 11 is 0. The molecule has 0 saturated heterocycles. The molecule has 0 bridgehead atoms. The van der Waals surface area contributed by atoms with Gasteiger partial charge in [-0.3, -0.25) is 14.4 Å². The van der Waals surface area contributed by atoms with E-state index in [1.54, 1.807) is 0 Å². The molecule has 0 aromatic rings. The summed E-state index contributed by atoms with van der Waals surface area (Å²) in [7, 11) is 1.11. The Morgan fingerprint density at radius 1 is 1.26 bits per heavy atom. The molecule has 0 spiro atoms. The second kappa shape index (κ2) is 4.64. The lowest BCUT2D eigenvalue weighted by Crippen LogP contribution is -2.14. The molecule has 19 heavy (non-hydrogen) atoms. The van der Waals surface area contributed by atoms with E-state index in [2.05, 4.69) is 9.47 Å². The Labute approximate surface area is 108 Å². The minimum absolute atomic E-state index is 0.0166. The number of methoxy groups -OCH3 is 1. The Kier molecular flexibility index (Phi) is 3.16. The van der Waals surface area contributed by atoms with Crippen molar-refractivity contribution >= 4 is 23.5 Å². The molecule has 0 aromatic heterocycles. The lowest BCUT2D eigenvalue weighted by molar-refractivity contribution is -0.148. The van der Waals surface area contributed by atoms with Gasteiger partial charge in [0, 0.05) is 30.1 Å². The van der Waals surface area contributed by atoms with Crippen LogP contribution in [0.3, 0.4) is 0 Å². The molecule has 2 aliphatic rings. The Balaban J connectivity index is 2.31. The van der Waals surface area contributed by atoms with Gasteiger partial charge in [-0.15, -0.1) is 0 Å². The first-order valence-corrected chi connectivity index (χ1v) is 5.45. The van der Waals surface area contributed by atoms with E-state index in [4.69, 9.17) is 0 Å². The highest BCUT2D eigenvalue weighted by Gasteiger charge is 2.38. The minimum Gasteiger partial charge on any atom is -0.463 e. The number of esters is 2. The molecule has 0 aliphatic heterocycles. The maximum absolute atomic E-state index is 11.8.